The molecule has 1 heterocycles. The Bertz CT molecular complexity index is 553. The van der Waals surface area contributed by atoms with Crippen molar-refractivity contribution in [3.8, 4) is 11.3 Å². The Hall–Kier alpha value is -2.67. The molecule has 0 aliphatic rings. The maximum atomic E-state index is 9.10. The van der Waals surface area contributed by atoms with Gasteiger partial charge in [0.25, 0.3) is 0 Å². The zero-order valence-corrected chi connectivity index (χ0v) is 10.7. The lowest BCUT2D eigenvalue weighted by Crippen LogP contribution is -2.09. The van der Waals surface area contributed by atoms with E-state index in [9.17, 15) is 0 Å². The summed E-state index contributed by atoms with van der Waals surface area (Å²) in [6.07, 6.45) is 0. The van der Waals surface area contributed by atoms with Gasteiger partial charge in [-0.2, -0.15) is 0 Å². The summed E-state index contributed by atoms with van der Waals surface area (Å²) in [4.78, 5) is 18.2. The molecule has 0 radical (unpaired) electrons. The maximum absolute atomic E-state index is 9.10. The van der Waals surface area contributed by atoms with Gasteiger partial charge < -0.3 is 20.1 Å². The highest BCUT2D eigenvalue weighted by molar-refractivity contribution is 6.27. The zero-order chi connectivity index (χ0) is 15.0. The minimum atomic E-state index is -1.82. The molecule has 0 saturated heterocycles. The fourth-order valence-corrected chi connectivity index (χ4v) is 1.32. The number of carboxylic acids is 2. The van der Waals surface area contributed by atoms with Gasteiger partial charge >= 0.3 is 11.9 Å². The van der Waals surface area contributed by atoms with Gasteiger partial charge in [0.1, 0.15) is 5.69 Å². The van der Waals surface area contributed by atoms with Crippen LogP contribution in [0.1, 0.15) is 5.76 Å². The molecule has 1 aromatic carbocycles. The highest BCUT2D eigenvalue weighted by atomic mass is 16.5. The lowest BCUT2D eigenvalue weighted by Gasteiger charge is -1.91. The molecule has 3 N–H and O–H groups in total. The maximum Gasteiger partial charge on any atom is 0.414 e. The fourth-order valence-electron chi connectivity index (χ4n) is 1.32. The third-order valence-corrected chi connectivity index (χ3v) is 2.16. The van der Waals surface area contributed by atoms with Crippen LogP contribution in [-0.4, -0.2) is 34.4 Å². The summed E-state index contributed by atoms with van der Waals surface area (Å²) in [5, 5.41) is 21.8. The highest BCUT2D eigenvalue weighted by Gasteiger charge is 2.04. The highest BCUT2D eigenvalue weighted by Crippen LogP contribution is 2.18. The molecule has 1 aromatic heterocycles. The van der Waals surface area contributed by atoms with E-state index in [1.807, 2.05) is 43.4 Å². The molecule has 0 aliphatic carbocycles. The second kappa shape index (κ2) is 7.70. The van der Waals surface area contributed by atoms with Crippen molar-refractivity contribution in [1.82, 2.24) is 10.5 Å². The minimum Gasteiger partial charge on any atom is -0.473 e. The summed E-state index contributed by atoms with van der Waals surface area (Å²) in [5.74, 6) is -2.80. The molecule has 7 heteroatoms. The average molecular weight is 278 g/mol. The van der Waals surface area contributed by atoms with Crippen LogP contribution in [0.5, 0.6) is 0 Å². The van der Waals surface area contributed by atoms with Crippen LogP contribution in [0.25, 0.3) is 11.3 Å². The van der Waals surface area contributed by atoms with Crippen molar-refractivity contribution in [1.29, 1.82) is 0 Å². The number of carboxylic acid groups (broad SMARTS) is 2. The molecular formula is C13H14N2O5. The molecule has 0 unspecified atom stereocenters. The summed E-state index contributed by atoms with van der Waals surface area (Å²) in [7, 11) is 1.88. The first-order valence-electron chi connectivity index (χ1n) is 5.66. The first-order chi connectivity index (χ1) is 9.54. The molecule has 0 atom stereocenters. The van der Waals surface area contributed by atoms with Gasteiger partial charge in [-0.1, -0.05) is 35.5 Å². The summed E-state index contributed by atoms with van der Waals surface area (Å²) >= 11 is 0. The fraction of sp³-hybridized carbons (Fsp3) is 0.154. The Kier molecular flexibility index (Phi) is 5.92. The normalized spacial score (nSPS) is 9.45. The van der Waals surface area contributed by atoms with E-state index in [0.717, 1.165) is 17.0 Å². The number of rotatable bonds is 3. The van der Waals surface area contributed by atoms with Gasteiger partial charge in [0, 0.05) is 11.6 Å². The van der Waals surface area contributed by atoms with E-state index in [0.29, 0.717) is 6.54 Å². The smallest absolute Gasteiger partial charge is 0.414 e. The molecule has 0 spiro atoms. The summed E-state index contributed by atoms with van der Waals surface area (Å²) in [6, 6.07) is 11.9. The number of hydrogen-bond donors (Lipinski definition) is 3. The molecule has 106 valence electrons. The molecular weight excluding hydrogens is 264 g/mol. The van der Waals surface area contributed by atoms with Gasteiger partial charge in [-0.25, -0.2) is 9.59 Å². The molecule has 0 bridgehead atoms. The number of carbonyl (C=O) groups is 2. The number of aromatic nitrogens is 1. The number of benzene rings is 1. The van der Waals surface area contributed by atoms with Crippen molar-refractivity contribution >= 4 is 11.9 Å². The Morgan fingerprint density at radius 3 is 2.30 bits per heavy atom. The molecule has 7 nitrogen and oxygen atoms in total. The number of nitrogens with one attached hydrogen (secondary N) is 1. The minimum absolute atomic E-state index is 0.708. The van der Waals surface area contributed by atoms with Crippen molar-refractivity contribution < 1.29 is 24.3 Å². The van der Waals surface area contributed by atoms with Gasteiger partial charge in [-0.05, 0) is 7.05 Å². The molecule has 20 heavy (non-hydrogen) atoms. The van der Waals surface area contributed by atoms with E-state index >= 15 is 0 Å². The van der Waals surface area contributed by atoms with E-state index in [-0.39, 0.29) is 0 Å². The Morgan fingerprint density at radius 1 is 1.20 bits per heavy atom. The van der Waals surface area contributed by atoms with Crippen molar-refractivity contribution in [2.75, 3.05) is 7.05 Å². The Morgan fingerprint density at radius 2 is 1.80 bits per heavy atom. The first-order valence-corrected chi connectivity index (χ1v) is 5.66. The predicted molar refractivity (Wildman–Crippen MR) is 70.0 cm³/mol. The monoisotopic (exact) mass is 278 g/mol. The van der Waals surface area contributed by atoms with E-state index < -0.39 is 11.9 Å². The standard InChI is InChI=1S/C11H12N2O.C2H2O4/c1-12-8-10-7-11(13-14-10)9-5-3-2-4-6-9;3-1(4)2(5)6/h2-7,12H,8H2,1H3;(H,3,4)(H,5,6). The third-order valence-electron chi connectivity index (χ3n) is 2.16. The van der Waals surface area contributed by atoms with Crippen LogP contribution in [0, 0.1) is 0 Å². The SMILES string of the molecule is CNCc1cc(-c2ccccc2)no1.O=C(O)C(=O)O. The molecule has 0 saturated carbocycles. The molecule has 2 rings (SSSR count). The number of aliphatic carboxylic acids is 2. The van der Waals surface area contributed by atoms with Crippen molar-refractivity contribution in [2.24, 2.45) is 0 Å². The largest absolute Gasteiger partial charge is 0.473 e. The van der Waals surface area contributed by atoms with Gasteiger partial charge in [-0.15, -0.1) is 0 Å². The average Bonchev–Trinajstić information content (AvgIpc) is 2.89. The molecule has 2 aromatic rings. The third kappa shape index (κ3) is 4.91. The molecule has 0 amide bonds. The van der Waals surface area contributed by atoms with Crippen LogP contribution in [0.15, 0.2) is 40.9 Å². The van der Waals surface area contributed by atoms with E-state index in [1.54, 1.807) is 0 Å². The quantitative estimate of drug-likeness (QED) is 0.723. The zero-order valence-electron chi connectivity index (χ0n) is 10.7. The van der Waals surface area contributed by atoms with Crippen LogP contribution in [0.4, 0.5) is 0 Å². The summed E-state index contributed by atoms with van der Waals surface area (Å²) in [5.41, 5.74) is 1.97. The van der Waals surface area contributed by atoms with Crippen LogP contribution < -0.4 is 5.32 Å². The summed E-state index contributed by atoms with van der Waals surface area (Å²) < 4.78 is 5.15. The van der Waals surface area contributed by atoms with Gasteiger partial charge in [0.15, 0.2) is 5.76 Å². The van der Waals surface area contributed by atoms with Crippen LogP contribution >= 0.6 is 0 Å². The van der Waals surface area contributed by atoms with Gasteiger partial charge in [-0.3, -0.25) is 0 Å². The predicted octanol–water partition coefficient (Wildman–Crippen LogP) is 1.22. The topological polar surface area (TPSA) is 113 Å². The van der Waals surface area contributed by atoms with E-state index in [4.69, 9.17) is 24.3 Å². The second-order valence-corrected chi connectivity index (χ2v) is 3.69. The lowest BCUT2D eigenvalue weighted by atomic mass is 10.1. The van der Waals surface area contributed by atoms with Crippen LogP contribution in [0.3, 0.4) is 0 Å². The van der Waals surface area contributed by atoms with Crippen molar-refractivity contribution in [3.63, 3.8) is 0 Å². The van der Waals surface area contributed by atoms with Crippen LogP contribution in [-0.2, 0) is 16.1 Å². The Balaban J connectivity index is 0.000000286. The first kappa shape index (κ1) is 15.4. The summed E-state index contributed by atoms with van der Waals surface area (Å²) in [6.45, 7) is 0.708. The van der Waals surface area contributed by atoms with E-state index in [1.165, 1.54) is 0 Å². The van der Waals surface area contributed by atoms with Crippen LogP contribution in [0.2, 0.25) is 0 Å². The van der Waals surface area contributed by atoms with Crippen molar-refractivity contribution in [3.05, 3.63) is 42.2 Å². The Labute approximate surface area is 114 Å². The van der Waals surface area contributed by atoms with E-state index in [2.05, 4.69) is 10.5 Å². The number of hydrogen-bond acceptors (Lipinski definition) is 5. The second-order valence-electron chi connectivity index (χ2n) is 3.69. The molecule has 0 aliphatic heterocycles. The van der Waals surface area contributed by atoms with Gasteiger partial charge in [0.2, 0.25) is 0 Å². The lowest BCUT2D eigenvalue weighted by molar-refractivity contribution is -0.159. The number of nitrogens with zero attached hydrogens (tertiary/aromatic N) is 1. The van der Waals surface area contributed by atoms with Gasteiger partial charge in [0.05, 0.1) is 6.54 Å². The molecule has 0 fully saturated rings. The van der Waals surface area contributed by atoms with Crippen molar-refractivity contribution in [2.45, 2.75) is 6.54 Å².